The van der Waals surface area contributed by atoms with Crippen molar-refractivity contribution in [1.29, 1.82) is 0 Å². The van der Waals surface area contributed by atoms with Gasteiger partial charge in [-0.2, -0.15) is 0 Å². The number of hydrogen-bond acceptors (Lipinski definition) is 1. The molecule has 2 heteroatoms. The average Bonchev–Trinajstić information content (AvgIpc) is 3.01. The molecule has 1 aromatic heterocycles. The zero-order valence-electron chi connectivity index (χ0n) is 12.8. The summed E-state index contributed by atoms with van der Waals surface area (Å²) in [5.41, 5.74) is 4.66. The van der Waals surface area contributed by atoms with Crippen molar-refractivity contribution in [1.82, 2.24) is 4.98 Å². The summed E-state index contributed by atoms with van der Waals surface area (Å²) in [4.78, 5) is 3.50. The molecule has 2 nitrogen and oxygen atoms in total. The van der Waals surface area contributed by atoms with Crippen LogP contribution >= 0.6 is 0 Å². The first-order chi connectivity index (χ1) is 11.9. The summed E-state index contributed by atoms with van der Waals surface area (Å²) >= 11 is 0. The van der Waals surface area contributed by atoms with Gasteiger partial charge >= 0.3 is 0 Å². The lowest BCUT2D eigenvalue weighted by Gasteiger charge is -2.22. The lowest BCUT2D eigenvalue weighted by atomic mass is 9.93. The molecule has 0 fully saturated rings. The molecule has 0 aliphatic carbocycles. The minimum absolute atomic E-state index is 0.938. The van der Waals surface area contributed by atoms with Crippen molar-refractivity contribution in [3.05, 3.63) is 72.8 Å². The summed E-state index contributed by atoms with van der Waals surface area (Å²) in [5, 5.41) is 4.78. The van der Waals surface area contributed by atoms with E-state index in [1.807, 2.05) is 0 Å². The third-order valence-electron chi connectivity index (χ3n) is 4.99. The molecule has 1 aliphatic heterocycles. The van der Waals surface area contributed by atoms with Crippen molar-refractivity contribution < 1.29 is 4.74 Å². The first-order valence-corrected chi connectivity index (χ1v) is 8.13. The Morgan fingerprint density at radius 2 is 1.50 bits per heavy atom. The molecule has 112 valence electrons. The Kier molecular flexibility index (Phi) is 2.12. The van der Waals surface area contributed by atoms with E-state index < -0.39 is 0 Å². The molecule has 0 atom stereocenters. The van der Waals surface area contributed by atoms with Gasteiger partial charge in [0.25, 0.3) is 0 Å². The van der Waals surface area contributed by atoms with Crippen LogP contribution in [0.1, 0.15) is 0 Å². The van der Waals surface area contributed by atoms with Crippen LogP contribution in [-0.4, -0.2) is 4.98 Å². The Bertz CT molecular complexity index is 1270. The van der Waals surface area contributed by atoms with Gasteiger partial charge in [-0.15, -0.1) is 0 Å². The number of hydrogen-bond donors (Lipinski definition) is 1. The quantitative estimate of drug-likeness (QED) is 0.352. The van der Waals surface area contributed by atoms with Gasteiger partial charge in [0.05, 0.1) is 10.9 Å². The highest BCUT2D eigenvalue weighted by Crippen LogP contribution is 2.50. The van der Waals surface area contributed by atoms with E-state index in [0.29, 0.717) is 0 Å². The Balaban J connectivity index is 1.83. The van der Waals surface area contributed by atoms with Gasteiger partial charge in [0, 0.05) is 21.9 Å². The molecular formula is C22H13NO. The number of rotatable bonds is 0. The molecule has 0 unspecified atom stereocenters. The standard InChI is InChI=1S/C22H13NO/c1-2-9-17-16(7-1)21-18(23-17)12-11-15-14-8-3-5-13-6-4-10-19(20(13)14)24-22(15)21/h1-12,23H. The van der Waals surface area contributed by atoms with E-state index in [1.165, 1.54) is 21.7 Å². The van der Waals surface area contributed by atoms with E-state index in [0.717, 1.165) is 33.5 Å². The summed E-state index contributed by atoms with van der Waals surface area (Å²) < 4.78 is 6.41. The second kappa shape index (κ2) is 4.18. The fourth-order valence-electron chi connectivity index (χ4n) is 3.95. The van der Waals surface area contributed by atoms with Crippen LogP contribution in [0.25, 0.3) is 43.7 Å². The van der Waals surface area contributed by atoms with Gasteiger partial charge in [-0.05, 0) is 35.2 Å². The number of aromatic nitrogens is 1. The van der Waals surface area contributed by atoms with E-state index in [9.17, 15) is 0 Å². The monoisotopic (exact) mass is 307 g/mol. The molecule has 4 aromatic carbocycles. The van der Waals surface area contributed by atoms with Crippen LogP contribution in [0.2, 0.25) is 0 Å². The number of para-hydroxylation sites is 1. The molecule has 0 amide bonds. The maximum Gasteiger partial charge on any atom is 0.145 e. The highest BCUT2D eigenvalue weighted by atomic mass is 16.5. The van der Waals surface area contributed by atoms with Crippen molar-refractivity contribution in [2.75, 3.05) is 0 Å². The molecule has 1 N–H and O–H groups in total. The third-order valence-corrected chi connectivity index (χ3v) is 4.99. The molecule has 5 aromatic rings. The highest BCUT2D eigenvalue weighted by Gasteiger charge is 2.23. The topological polar surface area (TPSA) is 25.0 Å². The second-order valence-corrected chi connectivity index (χ2v) is 6.30. The van der Waals surface area contributed by atoms with Crippen molar-refractivity contribution in [2.45, 2.75) is 0 Å². The number of ether oxygens (including phenoxy) is 1. The number of aromatic amines is 1. The average molecular weight is 307 g/mol. The normalized spacial score (nSPS) is 12.5. The van der Waals surface area contributed by atoms with Crippen molar-refractivity contribution >= 4 is 32.6 Å². The van der Waals surface area contributed by atoms with Crippen LogP contribution in [0.4, 0.5) is 0 Å². The van der Waals surface area contributed by atoms with Crippen LogP contribution in [0.15, 0.2) is 72.8 Å². The van der Waals surface area contributed by atoms with Crippen LogP contribution in [0.5, 0.6) is 11.5 Å². The predicted molar refractivity (Wildman–Crippen MR) is 98.8 cm³/mol. The van der Waals surface area contributed by atoms with Crippen LogP contribution < -0.4 is 4.74 Å². The van der Waals surface area contributed by atoms with Gasteiger partial charge in [0.1, 0.15) is 11.5 Å². The molecule has 0 saturated carbocycles. The Morgan fingerprint density at radius 1 is 0.625 bits per heavy atom. The molecule has 0 saturated heterocycles. The van der Waals surface area contributed by atoms with E-state index in [2.05, 4.69) is 77.8 Å². The number of nitrogens with one attached hydrogen (secondary N) is 1. The van der Waals surface area contributed by atoms with Crippen molar-refractivity contribution in [3.8, 4) is 22.6 Å². The molecule has 6 rings (SSSR count). The molecule has 0 spiro atoms. The lowest BCUT2D eigenvalue weighted by molar-refractivity contribution is 0.493. The van der Waals surface area contributed by atoms with E-state index in [4.69, 9.17) is 4.74 Å². The molecule has 0 bridgehead atoms. The fourth-order valence-corrected chi connectivity index (χ4v) is 3.95. The van der Waals surface area contributed by atoms with E-state index in [1.54, 1.807) is 0 Å². The van der Waals surface area contributed by atoms with E-state index >= 15 is 0 Å². The smallest absolute Gasteiger partial charge is 0.145 e. The number of H-pyrrole nitrogens is 1. The van der Waals surface area contributed by atoms with Crippen molar-refractivity contribution in [2.24, 2.45) is 0 Å². The van der Waals surface area contributed by atoms with Crippen LogP contribution in [0.3, 0.4) is 0 Å². The second-order valence-electron chi connectivity index (χ2n) is 6.30. The Hall–Kier alpha value is -3.26. The van der Waals surface area contributed by atoms with Crippen LogP contribution in [-0.2, 0) is 0 Å². The van der Waals surface area contributed by atoms with Gasteiger partial charge in [-0.3, -0.25) is 0 Å². The fraction of sp³-hybridized carbons (Fsp3) is 0. The first-order valence-electron chi connectivity index (χ1n) is 8.13. The maximum absolute atomic E-state index is 6.41. The summed E-state index contributed by atoms with van der Waals surface area (Å²) in [6.45, 7) is 0. The van der Waals surface area contributed by atoms with Gasteiger partial charge in [0.2, 0.25) is 0 Å². The van der Waals surface area contributed by atoms with Crippen molar-refractivity contribution in [3.63, 3.8) is 0 Å². The lowest BCUT2D eigenvalue weighted by Crippen LogP contribution is -1.97. The molecule has 1 aliphatic rings. The molecular weight excluding hydrogens is 294 g/mol. The van der Waals surface area contributed by atoms with Gasteiger partial charge in [-0.1, -0.05) is 48.5 Å². The maximum atomic E-state index is 6.41. The predicted octanol–water partition coefficient (Wildman–Crippen LogP) is 6.25. The Morgan fingerprint density at radius 3 is 2.46 bits per heavy atom. The molecule has 24 heavy (non-hydrogen) atoms. The highest BCUT2D eigenvalue weighted by molar-refractivity contribution is 6.15. The van der Waals surface area contributed by atoms with Crippen LogP contribution in [0, 0.1) is 0 Å². The first kappa shape index (κ1) is 12.2. The number of benzene rings is 4. The summed E-state index contributed by atoms with van der Waals surface area (Å²) in [7, 11) is 0. The SMILES string of the molecule is c1cc2c3c(cccc3c1)-c1ccc3[nH]c4ccccc4c3c1O2. The van der Waals surface area contributed by atoms with Gasteiger partial charge in [-0.25, -0.2) is 0 Å². The minimum Gasteiger partial charge on any atom is -0.455 e. The Labute approximate surface area is 138 Å². The minimum atomic E-state index is 0.938. The van der Waals surface area contributed by atoms with Gasteiger partial charge in [0.15, 0.2) is 0 Å². The molecule has 2 heterocycles. The molecule has 0 radical (unpaired) electrons. The third kappa shape index (κ3) is 1.41. The summed E-state index contributed by atoms with van der Waals surface area (Å²) in [5.74, 6) is 1.89. The zero-order valence-corrected chi connectivity index (χ0v) is 12.8. The van der Waals surface area contributed by atoms with E-state index in [-0.39, 0.29) is 0 Å². The zero-order chi connectivity index (χ0) is 15.7. The van der Waals surface area contributed by atoms with Gasteiger partial charge < -0.3 is 9.72 Å². The largest absolute Gasteiger partial charge is 0.455 e. The summed E-state index contributed by atoms with van der Waals surface area (Å²) in [6.07, 6.45) is 0. The number of fused-ring (bicyclic) bond motifs is 6. The summed E-state index contributed by atoms with van der Waals surface area (Å²) in [6, 6.07) is 25.4.